The predicted molar refractivity (Wildman–Crippen MR) is 92.0 cm³/mol. The number of rotatable bonds is 6. The zero-order chi connectivity index (χ0) is 16.9. The van der Waals surface area contributed by atoms with Crippen molar-refractivity contribution in [3.05, 3.63) is 59.7 Å². The van der Waals surface area contributed by atoms with Crippen LogP contribution in [-0.2, 0) is 21.6 Å². The number of benzene rings is 2. The van der Waals surface area contributed by atoms with E-state index in [0.717, 1.165) is 17.1 Å². The highest BCUT2D eigenvalue weighted by atomic mass is 16.5. The average molecular weight is 312 g/mol. The highest BCUT2D eigenvalue weighted by molar-refractivity contribution is 5.76. The molecule has 0 unspecified atom stereocenters. The summed E-state index contributed by atoms with van der Waals surface area (Å²) in [6.07, 6.45) is 0. The van der Waals surface area contributed by atoms with Crippen LogP contribution in [-0.4, -0.2) is 12.4 Å². The fourth-order valence-corrected chi connectivity index (χ4v) is 2.13. The fourth-order valence-electron chi connectivity index (χ4n) is 2.13. The highest BCUT2D eigenvalue weighted by Gasteiger charge is 2.13. The summed E-state index contributed by atoms with van der Waals surface area (Å²) in [5, 5.41) is 0. The van der Waals surface area contributed by atoms with Crippen LogP contribution in [0.3, 0.4) is 0 Å². The van der Waals surface area contributed by atoms with Gasteiger partial charge in [0.1, 0.15) is 18.1 Å². The molecule has 0 fully saturated rings. The van der Waals surface area contributed by atoms with Crippen molar-refractivity contribution in [3.8, 4) is 11.5 Å². The van der Waals surface area contributed by atoms with E-state index in [9.17, 15) is 4.79 Å². The molecule has 0 aliphatic heterocycles. The van der Waals surface area contributed by atoms with Crippen molar-refractivity contribution in [3.63, 3.8) is 0 Å². The number of Topliss-reactive ketones (excluding diaryl/α,β-unsaturated/α-hetero) is 1. The number of ether oxygens (including phenoxy) is 2. The first kappa shape index (κ1) is 17.2. The maximum absolute atomic E-state index is 10.8. The second-order valence-corrected chi connectivity index (χ2v) is 6.72. The van der Waals surface area contributed by atoms with Crippen molar-refractivity contribution in [1.82, 2.24) is 0 Å². The van der Waals surface area contributed by atoms with Crippen LogP contribution in [0.2, 0.25) is 0 Å². The topological polar surface area (TPSA) is 35.5 Å². The Hall–Kier alpha value is -2.13. The first-order valence-corrected chi connectivity index (χ1v) is 7.79. The Morgan fingerprint density at radius 3 is 1.91 bits per heavy atom. The Bertz CT molecular complexity index is 634. The van der Waals surface area contributed by atoms with Crippen LogP contribution in [0.5, 0.6) is 11.5 Å². The largest absolute Gasteiger partial charge is 0.457 e. The molecule has 0 amide bonds. The standard InChI is InChI=1S/C20H24O3/c1-15(21)13-22-14-16-5-9-18(10-6-16)23-19-11-7-17(8-12-19)20(2,3)4/h5-12H,13-14H2,1-4H3. The van der Waals surface area contributed by atoms with Gasteiger partial charge in [-0.15, -0.1) is 0 Å². The van der Waals surface area contributed by atoms with Gasteiger partial charge in [0.2, 0.25) is 0 Å². The third-order valence-corrected chi connectivity index (χ3v) is 3.45. The second kappa shape index (κ2) is 7.42. The van der Waals surface area contributed by atoms with E-state index >= 15 is 0 Å². The molecule has 0 heterocycles. The van der Waals surface area contributed by atoms with Gasteiger partial charge in [0.25, 0.3) is 0 Å². The molecule has 0 radical (unpaired) electrons. The Labute approximate surface area is 138 Å². The summed E-state index contributed by atoms with van der Waals surface area (Å²) in [7, 11) is 0. The maximum Gasteiger partial charge on any atom is 0.155 e. The van der Waals surface area contributed by atoms with Gasteiger partial charge in [0.15, 0.2) is 5.78 Å². The van der Waals surface area contributed by atoms with Crippen LogP contribution in [0.15, 0.2) is 48.5 Å². The highest BCUT2D eigenvalue weighted by Crippen LogP contribution is 2.27. The van der Waals surface area contributed by atoms with Gasteiger partial charge >= 0.3 is 0 Å². The van der Waals surface area contributed by atoms with E-state index in [2.05, 4.69) is 32.9 Å². The zero-order valence-corrected chi connectivity index (χ0v) is 14.3. The molecule has 2 aromatic carbocycles. The lowest BCUT2D eigenvalue weighted by molar-refractivity contribution is -0.121. The molecule has 0 aromatic heterocycles. The molecule has 0 spiro atoms. The minimum absolute atomic E-state index is 0.0312. The molecular formula is C20H24O3. The lowest BCUT2D eigenvalue weighted by atomic mass is 9.87. The monoisotopic (exact) mass is 312 g/mol. The summed E-state index contributed by atoms with van der Waals surface area (Å²) in [4.78, 5) is 10.8. The van der Waals surface area contributed by atoms with Gasteiger partial charge in [0.05, 0.1) is 6.61 Å². The molecule has 23 heavy (non-hydrogen) atoms. The van der Waals surface area contributed by atoms with Gasteiger partial charge < -0.3 is 9.47 Å². The molecule has 0 saturated carbocycles. The zero-order valence-electron chi connectivity index (χ0n) is 14.3. The van der Waals surface area contributed by atoms with Crippen molar-refractivity contribution < 1.29 is 14.3 Å². The van der Waals surface area contributed by atoms with Gasteiger partial charge in [-0.25, -0.2) is 0 Å². The quantitative estimate of drug-likeness (QED) is 0.762. The third-order valence-electron chi connectivity index (χ3n) is 3.45. The second-order valence-electron chi connectivity index (χ2n) is 6.72. The first-order chi connectivity index (χ1) is 10.8. The van der Waals surface area contributed by atoms with Crippen molar-refractivity contribution in [2.75, 3.05) is 6.61 Å². The number of hydrogen-bond donors (Lipinski definition) is 0. The first-order valence-electron chi connectivity index (χ1n) is 7.79. The number of carbonyl (C=O) groups excluding carboxylic acids is 1. The van der Waals surface area contributed by atoms with Crippen LogP contribution >= 0.6 is 0 Å². The molecule has 2 aromatic rings. The van der Waals surface area contributed by atoms with E-state index in [0.29, 0.717) is 6.61 Å². The Morgan fingerprint density at radius 1 is 0.913 bits per heavy atom. The summed E-state index contributed by atoms with van der Waals surface area (Å²) in [6, 6.07) is 15.9. The van der Waals surface area contributed by atoms with E-state index < -0.39 is 0 Å². The normalized spacial score (nSPS) is 11.3. The SMILES string of the molecule is CC(=O)COCc1ccc(Oc2ccc(C(C)(C)C)cc2)cc1. The lowest BCUT2D eigenvalue weighted by Crippen LogP contribution is -2.10. The maximum atomic E-state index is 10.8. The number of ketones is 1. The van der Waals surface area contributed by atoms with Crippen LogP contribution in [0.4, 0.5) is 0 Å². The van der Waals surface area contributed by atoms with Crippen molar-refractivity contribution in [1.29, 1.82) is 0 Å². The lowest BCUT2D eigenvalue weighted by Gasteiger charge is -2.19. The molecular weight excluding hydrogens is 288 g/mol. The van der Waals surface area contributed by atoms with Crippen LogP contribution < -0.4 is 4.74 Å². The molecule has 0 aliphatic carbocycles. The molecule has 0 bridgehead atoms. The molecule has 122 valence electrons. The van der Waals surface area contributed by atoms with Crippen molar-refractivity contribution in [2.24, 2.45) is 0 Å². The van der Waals surface area contributed by atoms with E-state index in [1.54, 1.807) is 0 Å². The molecule has 3 heteroatoms. The summed E-state index contributed by atoms with van der Waals surface area (Å²) in [6.45, 7) is 8.67. The molecule has 3 nitrogen and oxygen atoms in total. The molecule has 0 saturated heterocycles. The van der Waals surface area contributed by atoms with Gasteiger partial charge in [-0.2, -0.15) is 0 Å². The smallest absolute Gasteiger partial charge is 0.155 e. The van der Waals surface area contributed by atoms with E-state index in [1.165, 1.54) is 12.5 Å². The molecule has 0 N–H and O–H groups in total. The van der Waals surface area contributed by atoms with E-state index in [1.807, 2.05) is 36.4 Å². The Balaban J connectivity index is 1.94. The minimum atomic E-state index is 0.0312. The fraction of sp³-hybridized carbons (Fsp3) is 0.350. The van der Waals surface area contributed by atoms with Crippen molar-refractivity contribution >= 4 is 5.78 Å². The summed E-state index contributed by atoms with van der Waals surface area (Å²) in [5.74, 6) is 1.63. The Kier molecular flexibility index (Phi) is 5.56. The minimum Gasteiger partial charge on any atom is -0.457 e. The van der Waals surface area contributed by atoms with Crippen LogP contribution in [0.1, 0.15) is 38.8 Å². The number of carbonyl (C=O) groups is 1. The van der Waals surface area contributed by atoms with Gasteiger partial charge in [0, 0.05) is 0 Å². The summed E-state index contributed by atoms with van der Waals surface area (Å²) in [5.41, 5.74) is 2.43. The third kappa shape index (κ3) is 5.53. The van der Waals surface area contributed by atoms with Gasteiger partial charge in [-0.3, -0.25) is 4.79 Å². The van der Waals surface area contributed by atoms with Crippen LogP contribution in [0.25, 0.3) is 0 Å². The van der Waals surface area contributed by atoms with Gasteiger partial charge in [-0.1, -0.05) is 45.0 Å². The van der Waals surface area contributed by atoms with Crippen molar-refractivity contribution in [2.45, 2.75) is 39.7 Å². The molecule has 0 aliphatic rings. The Morgan fingerprint density at radius 2 is 1.43 bits per heavy atom. The summed E-state index contributed by atoms with van der Waals surface area (Å²) >= 11 is 0. The van der Waals surface area contributed by atoms with E-state index in [-0.39, 0.29) is 17.8 Å². The van der Waals surface area contributed by atoms with Crippen LogP contribution in [0, 0.1) is 0 Å². The number of hydrogen-bond acceptors (Lipinski definition) is 3. The predicted octanol–water partition coefficient (Wildman–Crippen LogP) is 4.88. The van der Waals surface area contributed by atoms with Gasteiger partial charge in [-0.05, 0) is 47.7 Å². The molecule has 0 atom stereocenters. The average Bonchev–Trinajstić information content (AvgIpc) is 2.48. The van der Waals surface area contributed by atoms with E-state index in [4.69, 9.17) is 9.47 Å². The molecule has 2 rings (SSSR count). The summed E-state index contributed by atoms with van der Waals surface area (Å²) < 4.78 is 11.1.